The highest BCUT2D eigenvalue weighted by Gasteiger charge is 2.38. The number of halogens is 6. The Bertz CT molecular complexity index is 1480. The van der Waals surface area contributed by atoms with E-state index in [0.717, 1.165) is 5.56 Å². The Morgan fingerprint density at radius 3 is 1.58 bits per heavy atom. The lowest BCUT2D eigenvalue weighted by Crippen LogP contribution is -2.21. The fraction of sp³-hybridized carbons (Fsp3) is 0.160. The molecule has 0 spiro atoms. The Kier molecular flexibility index (Phi) is 11.9. The summed E-state index contributed by atoms with van der Waals surface area (Å²) in [6.07, 6.45) is -6.53. The Morgan fingerprint density at radius 2 is 1.19 bits per heavy atom. The zero-order chi connectivity index (χ0) is 33.3. The SMILES string of the molecule is N=C(N)c1ccc(Cc2cn(Cc3cc(C(=N)N)ccc3O)cc2C(=O)O)cc1.O=C(O)C(F)(F)F.O=C(O)C(F)(F)F. The van der Waals surface area contributed by atoms with Gasteiger partial charge in [-0.3, -0.25) is 10.8 Å². The molecule has 0 aliphatic carbocycles. The Hall–Kier alpha value is -5.55. The summed E-state index contributed by atoms with van der Waals surface area (Å²) in [7, 11) is 0. The van der Waals surface area contributed by atoms with Crippen molar-refractivity contribution in [1.29, 1.82) is 10.8 Å². The van der Waals surface area contributed by atoms with Gasteiger partial charge in [-0.2, -0.15) is 26.3 Å². The number of phenolic OH excluding ortho intramolecular Hbond substituents is 1. The monoisotopic (exact) mass is 619 g/mol. The standard InChI is InChI=1S/C21H21N5O3.2C2HF3O2/c22-19(23)13-3-1-12(2-4-13)7-15-9-26(11-17(15)21(28)29)10-16-8-14(20(24)25)5-6-18(16)27;2*3-2(4,5)1(6)7/h1-6,8-9,11,27H,7,10H2,(H3,22,23)(H3,24,25)(H,28,29);2*(H,6,7). The van der Waals surface area contributed by atoms with E-state index in [2.05, 4.69) is 0 Å². The minimum atomic E-state index is -5.08. The minimum Gasteiger partial charge on any atom is -0.508 e. The van der Waals surface area contributed by atoms with E-state index in [1.54, 1.807) is 35.0 Å². The maximum atomic E-state index is 11.7. The van der Waals surface area contributed by atoms with Crippen LogP contribution in [0.2, 0.25) is 0 Å². The Balaban J connectivity index is 0.000000548. The number of nitrogens with one attached hydrogen (secondary N) is 2. The van der Waals surface area contributed by atoms with Gasteiger partial charge in [-0.1, -0.05) is 24.3 Å². The van der Waals surface area contributed by atoms with Crippen molar-refractivity contribution >= 4 is 29.6 Å². The third kappa shape index (κ3) is 11.5. The number of hydrogen-bond acceptors (Lipinski definition) is 6. The maximum absolute atomic E-state index is 11.7. The summed E-state index contributed by atoms with van der Waals surface area (Å²) in [5.41, 5.74) is 14.3. The zero-order valence-electron chi connectivity index (χ0n) is 21.5. The van der Waals surface area contributed by atoms with Gasteiger partial charge in [-0.05, 0) is 35.7 Å². The number of carbonyl (C=O) groups is 3. The van der Waals surface area contributed by atoms with Crippen molar-refractivity contribution in [1.82, 2.24) is 4.57 Å². The van der Waals surface area contributed by atoms with E-state index < -0.39 is 30.3 Å². The summed E-state index contributed by atoms with van der Waals surface area (Å²) < 4.78 is 65.2. The van der Waals surface area contributed by atoms with Crippen molar-refractivity contribution in [2.75, 3.05) is 0 Å². The Morgan fingerprint density at radius 1 is 0.744 bits per heavy atom. The molecule has 0 aliphatic heterocycles. The third-order valence-corrected chi connectivity index (χ3v) is 5.08. The molecule has 232 valence electrons. The first-order valence-electron chi connectivity index (χ1n) is 11.2. The summed E-state index contributed by atoms with van der Waals surface area (Å²) in [5, 5.41) is 48.9. The lowest BCUT2D eigenvalue weighted by molar-refractivity contribution is -0.193. The number of carboxylic acid groups (broad SMARTS) is 3. The number of benzene rings is 2. The fourth-order valence-electron chi connectivity index (χ4n) is 3.08. The molecule has 2 aromatic carbocycles. The van der Waals surface area contributed by atoms with Crippen LogP contribution in [0.25, 0.3) is 0 Å². The summed E-state index contributed by atoms with van der Waals surface area (Å²) in [4.78, 5) is 29.5. The smallest absolute Gasteiger partial charge is 0.490 e. The number of hydrogen-bond donors (Lipinski definition) is 8. The molecule has 0 saturated carbocycles. The van der Waals surface area contributed by atoms with Crippen molar-refractivity contribution < 1.29 is 61.2 Å². The van der Waals surface area contributed by atoms with Crippen LogP contribution in [-0.2, 0) is 22.6 Å². The van der Waals surface area contributed by atoms with E-state index in [4.69, 9.17) is 42.1 Å². The molecule has 12 nitrogen and oxygen atoms in total. The Labute approximate surface area is 237 Å². The van der Waals surface area contributed by atoms with Gasteiger partial charge >= 0.3 is 30.3 Å². The molecule has 0 atom stereocenters. The van der Waals surface area contributed by atoms with E-state index in [1.165, 1.54) is 12.3 Å². The topological polar surface area (TPSA) is 237 Å². The second kappa shape index (κ2) is 14.4. The third-order valence-electron chi connectivity index (χ3n) is 5.08. The number of aliphatic carboxylic acids is 2. The van der Waals surface area contributed by atoms with Gasteiger partial charge in [-0.25, -0.2) is 14.4 Å². The van der Waals surface area contributed by atoms with E-state index in [1.807, 2.05) is 12.1 Å². The van der Waals surface area contributed by atoms with Crippen LogP contribution in [0.15, 0.2) is 54.9 Å². The van der Waals surface area contributed by atoms with Gasteiger partial charge in [0.25, 0.3) is 0 Å². The lowest BCUT2D eigenvalue weighted by atomic mass is 10.0. The molecule has 3 aromatic rings. The van der Waals surface area contributed by atoms with Crippen LogP contribution < -0.4 is 11.5 Å². The number of nitrogens with zero attached hydrogens (tertiary/aromatic N) is 1. The fourth-order valence-corrected chi connectivity index (χ4v) is 3.08. The highest BCUT2D eigenvalue weighted by molar-refractivity contribution is 5.95. The van der Waals surface area contributed by atoms with Crippen LogP contribution >= 0.6 is 0 Å². The van der Waals surface area contributed by atoms with Gasteiger partial charge in [0.1, 0.15) is 17.4 Å². The second-order valence-corrected chi connectivity index (χ2v) is 8.32. The molecule has 0 radical (unpaired) electrons. The average Bonchev–Trinajstić information content (AvgIpc) is 3.27. The number of aromatic nitrogens is 1. The molecule has 0 aliphatic rings. The normalized spacial score (nSPS) is 10.8. The molecule has 3 rings (SSSR count). The molecule has 0 amide bonds. The maximum Gasteiger partial charge on any atom is 0.490 e. The molecule has 10 N–H and O–H groups in total. The zero-order valence-corrected chi connectivity index (χ0v) is 21.5. The predicted molar refractivity (Wildman–Crippen MR) is 137 cm³/mol. The minimum absolute atomic E-state index is 0.0264. The van der Waals surface area contributed by atoms with Crippen molar-refractivity contribution in [2.24, 2.45) is 11.5 Å². The van der Waals surface area contributed by atoms with Gasteiger partial charge in [0, 0.05) is 29.1 Å². The molecular formula is C25H23F6N5O7. The highest BCUT2D eigenvalue weighted by Crippen LogP contribution is 2.23. The van der Waals surface area contributed by atoms with Gasteiger partial charge < -0.3 is 36.5 Å². The van der Waals surface area contributed by atoms with E-state index >= 15 is 0 Å². The van der Waals surface area contributed by atoms with Crippen molar-refractivity contribution in [3.63, 3.8) is 0 Å². The van der Waals surface area contributed by atoms with Crippen LogP contribution in [0.3, 0.4) is 0 Å². The van der Waals surface area contributed by atoms with E-state index in [0.29, 0.717) is 28.7 Å². The predicted octanol–water partition coefficient (Wildman–Crippen LogP) is 3.37. The second-order valence-electron chi connectivity index (χ2n) is 8.32. The largest absolute Gasteiger partial charge is 0.508 e. The molecule has 43 heavy (non-hydrogen) atoms. The number of aromatic hydroxyl groups is 1. The summed E-state index contributed by atoms with van der Waals surface area (Å²) >= 11 is 0. The molecule has 0 bridgehead atoms. The number of nitrogens with two attached hydrogens (primary N) is 2. The highest BCUT2D eigenvalue weighted by atomic mass is 19.4. The van der Waals surface area contributed by atoms with Gasteiger partial charge in [0.15, 0.2) is 0 Å². The van der Waals surface area contributed by atoms with Gasteiger partial charge in [0.2, 0.25) is 0 Å². The number of rotatable bonds is 7. The quantitative estimate of drug-likeness (QED) is 0.110. The van der Waals surface area contributed by atoms with Crippen molar-refractivity contribution in [3.05, 3.63) is 88.2 Å². The molecule has 0 fully saturated rings. The molecule has 0 unspecified atom stereocenters. The first kappa shape index (κ1) is 35.5. The van der Waals surface area contributed by atoms with Crippen LogP contribution in [0, 0.1) is 10.8 Å². The van der Waals surface area contributed by atoms with Gasteiger partial charge in [0.05, 0.1) is 12.1 Å². The summed E-state index contributed by atoms with van der Waals surface area (Å²) in [6.45, 7) is 0.233. The molecule has 0 saturated heterocycles. The molecule has 1 aromatic heterocycles. The van der Waals surface area contributed by atoms with Crippen LogP contribution in [0.1, 0.15) is 38.2 Å². The van der Waals surface area contributed by atoms with Crippen LogP contribution in [0.5, 0.6) is 5.75 Å². The molecule has 1 heterocycles. The van der Waals surface area contributed by atoms with E-state index in [-0.39, 0.29) is 29.5 Å². The molecular weight excluding hydrogens is 596 g/mol. The molecule has 18 heteroatoms. The van der Waals surface area contributed by atoms with Gasteiger partial charge in [-0.15, -0.1) is 0 Å². The summed E-state index contributed by atoms with van der Waals surface area (Å²) in [6, 6.07) is 11.7. The number of phenols is 1. The number of alkyl halides is 6. The number of amidine groups is 2. The number of aromatic carboxylic acids is 1. The van der Waals surface area contributed by atoms with Crippen LogP contribution in [0.4, 0.5) is 26.3 Å². The summed E-state index contributed by atoms with van der Waals surface area (Å²) in [5.74, 6) is -6.65. The van der Waals surface area contributed by atoms with Crippen LogP contribution in [-0.4, -0.2) is 66.9 Å². The first-order chi connectivity index (χ1) is 19.6. The first-order valence-corrected chi connectivity index (χ1v) is 11.2. The average molecular weight is 619 g/mol. The van der Waals surface area contributed by atoms with Crippen molar-refractivity contribution in [2.45, 2.75) is 25.3 Å². The number of carboxylic acids is 3. The van der Waals surface area contributed by atoms with E-state index in [9.17, 15) is 41.4 Å². The lowest BCUT2D eigenvalue weighted by Gasteiger charge is -2.08. The van der Waals surface area contributed by atoms with Crippen molar-refractivity contribution in [3.8, 4) is 5.75 Å². The number of nitrogen functional groups attached to an aromatic ring is 2.